The van der Waals surface area contributed by atoms with Crippen LogP contribution in [0.15, 0.2) is 66.7 Å². The Balaban J connectivity index is 1.42. The van der Waals surface area contributed by atoms with Gasteiger partial charge in [0.25, 0.3) is 0 Å². The lowest BCUT2D eigenvalue weighted by molar-refractivity contribution is -0.137. The fourth-order valence-corrected chi connectivity index (χ4v) is 5.27. The molecule has 1 fully saturated rings. The molecule has 1 saturated carbocycles. The number of carbonyl (C=O) groups is 1. The molecule has 2 aliphatic rings. The molecule has 1 heterocycles. The molecule has 1 aliphatic heterocycles. The predicted molar refractivity (Wildman–Crippen MR) is 145 cm³/mol. The molecule has 3 aromatic rings. The Hall–Kier alpha value is -3.64. The lowest BCUT2D eigenvalue weighted by atomic mass is 9.82. The van der Waals surface area contributed by atoms with Crippen LogP contribution in [0.1, 0.15) is 55.2 Å². The van der Waals surface area contributed by atoms with E-state index < -0.39 is 5.97 Å². The van der Waals surface area contributed by atoms with E-state index in [0.29, 0.717) is 36.9 Å². The van der Waals surface area contributed by atoms with E-state index in [9.17, 15) is 14.3 Å². The molecule has 0 aromatic heterocycles. The Morgan fingerprint density at radius 3 is 2.61 bits per heavy atom. The van der Waals surface area contributed by atoms with Gasteiger partial charge in [0.1, 0.15) is 23.9 Å². The highest BCUT2D eigenvalue weighted by atomic mass is 19.1. The highest BCUT2D eigenvalue weighted by Gasteiger charge is 2.46. The third kappa shape index (κ3) is 5.76. The minimum absolute atomic E-state index is 0.0346. The van der Waals surface area contributed by atoms with E-state index in [2.05, 4.69) is 19.1 Å². The molecule has 1 atom stereocenters. The lowest BCUT2D eigenvalue weighted by Gasteiger charge is -2.23. The molecule has 5 nitrogen and oxygen atoms in total. The highest BCUT2D eigenvalue weighted by Crippen LogP contribution is 2.57. The van der Waals surface area contributed by atoms with Crippen LogP contribution in [0.5, 0.6) is 11.5 Å². The number of carboxylic acid groups (broad SMARTS) is 1. The van der Waals surface area contributed by atoms with Gasteiger partial charge in [-0.05, 0) is 94.8 Å². The van der Waals surface area contributed by atoms with Crippen LogP contribution in [0, 0.1) is 11.2 Å². The topological polar surface area (TPSA) is 65.0 Å². The average molecular weight is 517 g/mol. The minimum Gasteiger partial charge on any atom is -0.497 e. The Morgan fingerprint density at radius 1 is 1.05 bits per heavy atom. The summed E-state index contributed by atoms with van der Waals surface area (Å²) in [6.45, 7) is 3.64. The normalized spacial score (nSPS) is 16.9. The van der Waals surface area contributed by atoms with Gasteiger partial charge in [0, 0.05) is 5.56 Å². The monoisotopic (exact) mass is 516 g/mol. The second-order valence-electron chi connectivity index (χ2n) is 10.4. The molecule has 38 heavy (non-hydrogen) atoms. The molecule has 198 valence electrons. The molecule has 0 unspecified atom stereocenters. The maximum absolute atomic E-state index is 14.9. The van der Waals surface area contributed by atoms with Crippen LogP contribution in [-0.2, 0) is 16.1 Å². The van der Waals surface area contributed by atoms with Crippen molar-refractivity contribution >= 4 is 11.5 Å². The smallest absolute Gasteiger partial charge is 0.303 e. The molecule has 1 N–H and O–H groups in total. The van der Waals surface area contributed by atoms with Crippen molar-refractivity contribution in [2.24, 2.45) is 5.41 Å². The third-order valence-corrected chi connectivity index (χ3v) is 7.78. The van der Waals surface area contributed by atoms with Gasteiger partial charge in [0.05, 0.1) is 26.7 Å². The summed E-state index contributed by atoms with van der Waals surface area (Å²) in [5, 5.41) is 9.47. The first-order chi connectivity index (χ1) is 18.4. The SMILES string of the molecule is COc1ccc(F)c(-c2ccc(COc3cccc([C@@H](CC(=O)O)C4(C)CC4)c3)cc2C2=CCOCC2)c1. The molecule has 6 heteroatoms. The molecule has 0 bridgehead atoms. The van der Waals surface area contributed by atoms with Gasteiger partial charge in [-0.3, -0.25) is 4.79 Å². The summed E-state index contributed by atoms with van der Waals surface area (Å²) in [7, 11) is 1.57. The third-order valence-electron chi connectivity index (χ3n) is 7.78. The van der Waals surface area contributed by atoms with Gasteiger partial charge in [-0.1, -0.05) is 37.3 Å². The summed E-state index contributed by atoms with van der Waals surface area (Å²) >= 11 is 0. The van der Waals surface area contributed by atoms with Crippen LogP contribution in [0.25, 0.3) is 16.7 Å². The van der Waals surface area contributed by atoms with Crippen LogP contribution < -0.4 is 9.47 Å². The molecule has 5 rings (SSSR count). The van der Waals surface area contributed by atoms with Crippen LogP contribution in [-0.4, -0.2) is 31.4 Å². The van der Waals surface area contributed by atoms with Crippen LogP contribution in [0.2, 0.25) is 0 Å². The number of benzene rings is 3. The van der Waals surface area contributed by atoms with Crippen LogP contribution in [0.4, 0.5) is 4.39 Å². The van der Waals surface area contributed by atoms with Crippen molar-refractivity contribution in [1.82, 2.24) is 0 Å². The average Bonchev–Trinajstić information content (AvgIpc) is 3.69. The minimum atomic E-state index is -0.781. The van der Waals surface area contributed by atoms with E-state index in [0.717, 1.165) is 47.1 Å². The molecule has 1 aliphatic carbocycles. The van der Waals surface area contributed by atoms with Crippen molar-refractivity contribution in [2.45, 2.75) is 45.1 Å². The number of ether oxygens (including phenoxy) is 3. The summed E-state index contributed by atoms with van der Waals surface area (Å²) in [6.07, 6.45) is 4.99. The van der Waals surface area contributed by atoms with Crippen molar-refractivity contribution < 1.29 is 28.5 Å². The fourth-order valence-electron chi connectivity index (χ4n) is 5.27. The van der Waals surface area contributed by atoms with Crippen molar-refractivity contribution in [3.63, 3.8) is 0 Å². The summed E-state index contributed by atoms with van der Waals surface area (Å²) in [6, 6.07) is 18.5. The molecular formula is C32H33FO5. The number of methoxy groups -OCH3 is 1. The van der Waals surface area contributed by atoms with Gasteiger partial charge in [-0.15, -0.1) is 0 Å². The summed E-state index contributed by atoms with van der Waals surface area (Å²) in [5.41, 5.74) is 5.36. The zero-order valence-electron chi connectivity index (χ0n) is 21.8. The van der Waals surface area contributed by atoms with Crippen LogP contribution in [0.3, 0.4) is 0 Å². The Bertz CT molecular complexity index is 1360. The number of rotatable bonds is 10. The zero-order valence-corrected chi connectivity index (χ0v) is 21.8. The van der Waals surface area contributed by atoms with Gasteiger partial charge in [-0.2, -0.15) is 0 Å². The van der Waals surface area contributed by atoms with Gasteiger partial charge < -0.3 is 19.3 Å². The maximum atomic E-state index is 14.9. The maximum Gasteiger partial charge on any atom is 0.303 e. The van der Waals surface area contributed by atoms with Crippen molar-refractivity contribution in [2.75, 3.05) is 20.3 Å². The van der Waals surface area contributed by atoms with E-state index in [1.54, 1.807) is 19.2 Å². The number of carboxylic acids is 1. The molecule has 0 amide bonds. The van der Waals surface area contributed by atoms with Crippen molar-refractivity contribution in [3.05, 3.63) is 89.2 Å². The standard InChI is InChI=1S/C32H33FO5/c1-32(12-13-32)29(19-31(34)35)23-4-3-5-25(17-23)38-20-21-6-8-26(27(16-21)22-10-14-37-15-11-22)28-18-24(36-2)7-9-30(28)33/h3-10,16-18,29H,11-15,19-20H2,1-2H3,(H,34,35)/t29-/m1/s1. The fraction of sp³-hybridized carbons (Fsp3) is 0.344. The molecule has 3 aromatic carbocycles. The van der Waals surface area contributed by atoms with Crippen LogP contribution >= 0.6 is 0 Å². The second kappa shape index (κ2) is 11.0. The molecule has 0 saturated heterocycles. The van der Waals surface area contributed by atoms with Crippen molar-refractivity contribution in [1.29, 1.82) is 0 Å². The van der Waals surface area contributed by atoms with Gasteiger partial charge in [-0.25, -0.2) is 4.39 Å². The zero-order chi connectivity index (χ0) is 26.7. The van der Waals surface area contributed by atoms with E-state index in [4.69, 9.17) is 14.2 Å². The number of hydrogen-bond acceptors (Lipinski definition) is 4. The molecule has 0 radical (unpaired) electrons. The predicted octanol–water partition coefficient (Wildman–Crippen LogP) is 7.24. The number of hydrogen-bond donors (Lipinski definition) is 1. The van der Waals surface area contributed by atoms with Crippen molar-refractivity contribution in [3.8, 4) is 22.6 Å². The summed E-state index contributed by atoms with van der Waals surface area (Å²) in [4.78, 5) is 11.5. The highest BCUT2D eigenvalue weighted by molar-refractivity contribution is 5.83. The second-order valence-corrected chi connectivity index (χ2v) is 10.4. The Morgan fingerprint density at radius 2 is 1.89 bits per heavy atom. The van der Waals surface area contributed by atoms with Gasteiger partial charge in [0.15, 0.2) is 0 Å². The van der Waals surface area contributed by atoms with E-state index >= 15 is 0 Å². The number of aliphatic carboxylic acids is 1. The Kier molecular flexibility index (Phi) is 7.52. The first-order valence-electron chi connectivity index (χ1n) is 13.0. The summed E-state index contributed by atoms with van der Waals surface area (Å²) < 4.78 is 32.0. The van der Waals surface area contributed by atoms with Gasteiger partial charge >= 0.3 is 5.97 Å². The number of halogens is 1. The Labute approximate surface area is 222 Å². The van der Waals surface area contributed by atoms with E-state index in [1.807, 2.05) is 36.4 Å². The summed E-state index contributed by atoms with van der Waals surface area (Å²) in [5.74, 6) is 0.184. The van der Waals surface area contributed by atoms with Gasteiger partial charge in [0.2, 0.25) is 0 Å². The quantitative estimate of drug-likeness (QED) is 0.308. The largest absolute Gasteiger partial charge is 0.497 e. The lowest BCUT2D eigenvalue weighted by Crippen LogP contribution is -2.15. The molecule has 0 spiro atoms. The first-order valence-corrected chi connectivity index (χ1v) is 13.0. The molecular weight excluding hydrogens is 483 g/mol. The van der Waals surface area contributed by atoms with E-state index in [-0.39, 0.29) is 23.6 Å². The first kappa shape index (κ1) is 26.0. The van der Waals surface area contributed by atoms with E-state index in [1.165, 1.54) is 6.07 Å².